The fourth-order valence-corrected chi connectivity index (χ4v) is 6.64. The zero-order valence-corrected chi connectivity index (χ0v) is 26.3. The molecule has 1 aliphatic rings. The molecule has 11 heteroatoms. The minimum absolute atomic E-state index is 0.197. The number of hydrogen-bond acceptors (Lipinski definition) is 7. The third-order valence-electron chi connectivity index (χ3n) is 6.50. The second-order valence-electron chi connectivity index (χ2n) is 9.11. The van der Waals surface area contributed by atoms with Crippen LogP contribution in [0.4, 0.5) is 0 Å². The van der Waals surface area contributed by atoms with E-state index in [1.54, 1.807) is 55.0 Å². The van der Waals surface area contributed by atoms with Gasteiger partial charge in [0.2, 0.25) is 0 Å². The number of furan rings is 1. The molecule has 0 amide bonds. The Kier molecular flexibility index (Phi) is 8.89. The Bertz CT molecular complexity index is 1860. The maximum atomic E-state index is 14.0. The molecule has 0 saturated heterocycles. The van der Waals surface area contributed by atoms with E-state index in [1.165, 1.54) is 11.3 Å². The van der Waals surface area contributed by atoms with Gasteiger partial charge in [-0.1, -0.05) is 60.0 Å². The number of hydrogen-bond donors (Lipinski definition) is 0. The topological polar surface area (TPSA) is 83.0 Å². The van der Waals surface area contributed by atoms with Crippen molar-refractivity contribution in [2.24, 2.45) is 4.99 Å². The maximum absolute atomic E-state index is 14.0. The van der Waals surface area contributed by atoms with Crippen LogP contribution in [0.5, 0.6) is 5.75 Å². The summed E-state index contributed by atoms with van der Waals surface area (Å²) in [7, 11) is 1.58. The molecule has 3 heterocycles. The van der Waals surface area contributed by atoms with Gasteiger partial charge in [0.1, 0.15) is 17.3 Å². The van der Waals surface area contributed by atoms with Crippen molar-refractivity contribution >= 4 is 62.5 Å². The van der Waals surface area contributed by atoms with E-state index in [1.807, 2.05) is 25.1 Å². The second kappa shape index (κ2) is 12.4. The molecule has 0 fully saturated rings. The summed E-state index contributed by atoms with van der Waals surface area (Å²) in [5.41, 5.74) is 2.01. The average Bonchev–Trinajstić information content (AvgIpc) is 3.54. The molecule has 1 unspecified atom stereocenters. The molecule has 1 atom stereocenters. The number of esters is 1. The lowest BCUT2D eigenvalue weighted by molar-refractivity contribution is -0.139. The number of carbonyl (C=O) groups is 1. The van der Waals surface area contributed by atoms with Crippen LogP contribution in [0.1, 0.15) is 44.1 Å². The lowest BCUT2D eigenvalue weighted by atomic mass is 9.94. The smallest absolute Gasteiger partial charge is 0.338 e. The van der Waals surface area contributed by atoms with Crippen molar-refractivity contribution < 1.29 is 18.7 Å². The molecule has 41 heavy (non-hydrogen) atoms. The van der Waals surface area contributed by atoms with E-state index in [9.17, 15) is 9.59 Å². The number of nitrogens with zero attached hydrogens (tertiary/aromatic N) is 2. The van der Waals surface area contributed by atoms with Crippen molar-refractivity contribution in [3.8, 4) is 17.1 Å². The number of aromatic nitrogens is 1. The van der Waals surface area contributed by atoms with Crippen LogP contribution in [-0.4, -0.2) is 24.3 Å². The van der Waals surface area contributed by atoms with E-state index < -0.39 is 12.0 Å². The first kappa shape index (κ1) is 29.4. The summed E-state index contributed by atoms with van der Waals surface area (Å²) in [4.78, 5) is 32.6. The lowest BCUT2D eigenvalue weighted by Gasteiger charge is -2.26. The standard InChI is InChI=1S/C30H25BrCl2N2O5S/c1-4-7-21-25(29(37)39-5-2)27(16-10-12-23(38-3)19(31)14-16)35-28(36)24(41-30(35)34-21)15-17-11-13-22(40-17)18-8-6-9-20(32)26(18)33/h6,8-15,27H,4-5,7H2,1-3H3/b24-15-. The van der Waals surface area contributed by atoms with Gasteiger partial charge in [0.05, 0.1) is 50.1 Å². The molecule has 5 rings (SSSR count). The number of carbonyl (C=O) groups excluding carboxylic acids is 1. The highest BCUT2D eigenvalue weighted by Gasteiger charge is 2.34. The van der Waals surface area contributed by atoms with Gasteiger partial charge in [0.15, 0.2) is 4.80 Å². The van der Waals surface area contributed by atoms with Gasteiger partial charge in [0, 0.05) is 11.6 Å². The zero-order valence-electron chi connectivity index (χ0n) is 22.4. The van der Waals surface area contributed by atoms with Gasteiger partial charge >= 0.3 is 5.97 Å². The van der Waals surface area contributed by atoms with Gasteiger partial charge in [0.25, 0.3) is 5.56 Å². The van der Waals surface area contributed by atoms with E-state index in [4.69, 9.17) is 42.1 Å². The van der Waals surface area contributed by atoms with Gasteiger partial charge in [-0.3, -0.25) is 9.36 Å². The van der Waals surface area contributed by atoms with Gasteiger partial charge in [-0.25, -0.2) is 9.79 Å². The minimum atomic E-state index is -0.742. The van der Waals surface area contributed by atoms with Crippen molar-refractivity contribution in [1.82, 2.24) is 4.57 Å². The highest BCUT2D eigenvalue weighted by molar-refractivity contribution is 9.10. The van der Waals surface area contributed by atoms with Gasteiger partial charge < -0.3 is 13.9 Å². The van der Waals surface area contributed by atoms with Crippen molar-refractivity contribution in [3.63, 3.8) is 0 Å². The molecule has 0 N–H and O–H groups in total. The summed E-state index contributed by atoms with van der Waals surface area (Å²) >= 11 is 17.3. The molecule has 0 aliphatic carbocycles. The quantitative estimate of drug-likeness (QED) is 0.190. The number of ether oxygens (including phenoxy) is 2. The fraction of sp³-hybridized carbons (Fsp3) is 0.233. The molecule has 0 bridgehead atoms. The number of benzene rings is 2. The molecule has 212 valence electrons. The predicted octanol–water partition coefficient (Wildman–Crippen LogP) is 6.92. The van der Waals surface area contributed by atoms with Gasteiger partial charge in [-0.2, -0.15) is 0 Å². The molecule has 7 nitrogen and oxygen atoms in total. The Morgan fingerprint density at radius 1 is 1.20 bits per heavy atom. The zero-order chi connectivity index (χ0) is 29.3. The van der Waals surface area contributed by atoms with Crippen LogP contribution in [-0.2, 0) is 9.53 Å². The summed E-state index contributed by atoms with van der Waals surface area (Å²) < 4.78 is 19.5. The summed E-state index contributed by atoms with van der Waals surface area (Å²) in [6.07, 6.45) is 2.98. The first-order valence-corrected chi connectivity index (χ1v) is 15.2. The number of methoxy groups -OCH3 is 1. The lowest BCUT2D eigenvalue weighted by Crippen LogP contribution is -2.40. The van der Waals surface area contributed by atoms with Crippen LogP contribution in [0.2, 0.25) is 10.0 Å². The Labute approximate surface area is 258 Å². The molecule has 2 aromatic heterocycles. The third-order valence-corrected chi connectivity index (χ3v) is 8.92. The van der Waals surface area contributed by atoms with Crippen LogP contribution < -0.4 is 19.6 Å². The summed E-state index contributed by atoms with van der Waals surface area (Å²) in [5.74, 6) is 1.11. The Morgan fingerprint density at radius 3 is 2.71 bits per heavy atom. The summed E-state index contributed by atoms with van der Waals surface area (Å²) in [5, 5.41) is 0.802. The Balaban J connectivity index is 1.69. The van der Waals surface area contributed by atoms with Crippen LogP contribution in [0, 0.1) is 0 Å². The van der Waals surface area contributed by atoms with Crippen molar-refractivity contribution in [2.75, 3.05) is 13.7 Å². The molecule has 4 aromatic rings. The molecule has 2 aromatic carbocycles. The van der Waals surface area contributed by atoms with E-state index in [2.05, 4.69) is 15.9 Å². The van der Waals surface area contributed by atoms with Crippen LogP contribution in [0.25, 0.3) is 17.4 Å². The Morgan fingerprint density at radius 2 is 2.00 bits per heavy atom. The van der Waals surface area contributed by atoms with Gasteiger partial charge in [-0.05, 0) is 71.2 Å². The SMILES string of the molecule is CCCC1=C(C(=O)OCC)C(c2ccc(OC)c(Br)c2)n2c(s/c(=C\c3ccc(-c4cccc(Cl)c4Cl)o3)c2=O)=N1. The monoisotopic (exact) mass is 674 g/mol. The van der Waals surface area contributed by atoms with E-state index >= 15 is 0 Å². The third kappa shape index (κ3) is 5.68. The second-order valence-corrected chi connectivity index (χ2v) is 11.8. The predicted molar refractivity (Wildman–Crippen MR) is 164 cm³/mol. The first-order valence-electron chi connectivity index (χ1n) is 12.9. The fourth-order valence-electron chi connectivity index (χ4n) is 4.69. The Hall–Kier alpha value is -3.11. The van der Waals surface area contributed by atoms with Crippen LogP contribution in [0.3, 0.4) is 0 Å². The molecule has 0 saturated carbocycles. The van der Waals surface area contributed by atoms with Crippen LogP contribution in [0.15, 0.2) is 78.5 Å². The molecule has 0 radical (unpaired) electrons. The molecule has 0 spiro atoms. The summed E-state index contributed by atoms with van der Waals surface area (Å²) in [6, 6.07) is 13.6. The van der Waals surface area contributed by atoms with E-state index in [0.717, 1.165) is 6.42 Å². The van der Waals surface area contributed by atoms with E-state index in [0.29, 0.717) is 69.9 Å². The number of rotatable bonds is 8. The summed E-state index contributed by atoms with van der Waals surface area (Å²) in [6.45, 7) is 3.96. The number of thiazole rings is 1. The van der Waals surface area contributed by atoms with Crippen molar-refractivity contribution in [3.05, 3.63) is 105 Å². The highest BCUT2D eigenvalue weighted by Crippen LogP contribution is 2.37. The van der Waals surface area contributed by atoms with Gasteiger partial charge in [-0.15, -0.1) is 0 Å². The molecular weight excluding hydrogens is 651 g/mol. The molecule has 1 aliphatic heterocycles. The highest BCUT2D eigenvalue weighted by atomic mass is 79.9. The number of allylic oxidation sites excluding steroid dienone is 1. The average molecular weight is 676 g/mol. The number of fused-ring (bicyclic) bond motifs is 1. The molecular formula is C30H25BrCl2N2O5S. The van der Waals surface area contributed by atoms with Crippen molar-refractivity contribution in [1.29, 1.82) is 0 Å². The normalized spacial score (nSPS) is 15.1. The first-order chi connectivity index (χ1) is 19.8. The van der Waals surface area contributed by atoms with E-state index in [-0.39, 0.29) is 12.2 Å². The maximum Gasteiger partial charge on any atom is 0.338 e. The number of halogens is 3. The van der Waals surface area contributed by atoms with Crippen molar-refractivity contribution in [2.45, 2.75) is 32.7 Å². The largest absolute Gasteiger partial charge is 0.496 e. The minimum Gasteiger partial charge on any atom is -0.496 e. The van der Waals surface area contributed by atoms with Crippen LogP contribution >= 0.6 is 50.5 Å².